The first-order chi connectivity index (χ1) is 20.2. The molecule has 0 saturated heterocycles. The van der Waals surface area contributed by atoms with E-state index in [1.807, 2.05) is 6.07 Å². The molecule has 0 aliphatic carbocycles. The van der Waals surface area contributed by atoms with Gasteiger partial charge in [-0.3, -0.25) is 9.10 Å². The highest BCUT2D eigenvalue weighted by Gasteiger charge is 2.29. The molecule has 0 radical (unpaired) electrons. The zero-order valence-corrected chi connectivity index (χ0v) is 25.4. The van der Waals surface area contributed by atoms with Crippen molar-refractivity contribution in [2.24, 2.45) is 5.10 Å². The molecule has 0 fully saturated rings. The van der Waals surface area contributed by atoms with Gasteiger partial charge in [0.15, 0.2) is 0 Å². The van der Waals surface area contributed by atoms with Gasteiger partial charge in [-0.15, -0.1) is 0 Å². The fraction of sp³-hybridized carbons (Fsp3) is 0.133. The standard InChI is InChI=1S/C30H26Cl3N3O5S/c1-2-40-29-6-4-3-5-28(29)36(42(38,39)25-14-10-23(31)11-15-25)19-30(37)35-34-18-21-7-12-24(13-8-21)41-20-22-9-16-26(32)27(33)17-22/h3-18H,2,19-20H2,1H3,(H,35,37)/b34-18-. The van der Waals surface area contributed by atoms with E-state index < -0.39 is 22.5 Å². The molecular formula is C30H26Cl3N3O5S. The number of rotatable bonds is 12. The van der Waals surface area contributed by atoms with E-state index in [4.69, 9.17) is 44.3 Å². The highest BCUT2D eigenvalue weighted by Crippen LogP contribution is 2.32. The number of hydrogen-bond acceptors (Lipinski definition) is 6. The van der Waals surface area contributed by atoms with Crippen LogP contribution in [0.1, 0.15) is 18.1 Å². The molecule has 12 heteroatoms. The van der Waals surface area contributed by atoms with Crippen molar-refractivity contribution in [2.45, 2.75) is 18.4 Å². The molecule has 42 heavy (non-hydrogen) atoms. The van der Waals surface area contributed by atoms with E-state index in [1.54, 1.807) is 67.6 Å². The van der Waals surface area contributed by atoms with Crippen LogP contribution in [0.15, 0.2) is 101 Å². The van der Waals surface area contributed by atoms with Crippen LogP contribution in [0.4, 0.5) is 5.69 Å². The van der Waals surface area contributed by atoms with Crippen LogP contribution in [0.2, 0.25) is 15.1 Å². The largest absolute Gasteiger partial charge is 0.492 e. The lowest BCUT2D eigenvalue weighted by atomic mass is 10.2. The van der Waals surface area contributed by atoms with Crippen molar-refractivity contribution in [1.82, 2.24) is 5.43 Å². The predicted octanol–water partition coefficient (Wildman–Crippen LogP) is 6.97. The second kappa shape index (κ2) is 14.4. The van der Waals surface area contributed by atoms with E-state index >= 15 is 0 Å². The molecule has 0 aliphatic heterocycles. The Morgan fingerprint density at radius 3 is 2.31 bits per heavy atom. The number of halogens is 3. The normalized spacial score (nSPS) is 11.3. The molecular weight excluding hydrogens is 621 g/mol. The third-order valence-electron chi connectivity index (χ3n) is 5.80. The van der Waals surface area contributed by atoms with Crippen LogP contribution >= 0.6 is 34.8 Å². The van der Waals surface area contributed by atoms with Gasteiger partial charge in [0.2, 0.25) is 0 Å². The number of carbonyl (C=O) groups is 1. The van der Waals surface area contributed by atoms with Crippen LogP contribution in [0.5, 0.6) is 11.5 Å². The number of hydrogen-bond donors (Lipinski definition) is 1. The van der Waals surface area contributed by atoms with Crippen molar-refractivity contribution in [3.05, 3.63) is 117 Å². The lowest BCUT2D eigenvalue weighted by molar-refractivity contribution is -0.119. The number of nitrogens with one attached hydrogen (secondary N) is 1. The molecule has 0 spiro atoms. The van der Waals surface area contributed by atoms with Gasteiger partial charge in [-0.25, -0.2) is 13.8 Å². The zero-order valence-electron chi connectivity index (χ0n) is 22.3. The van der Waals surface area contributed by atoms with Crippen molar-refractivity contribution >= 4 is 62.6 Å². The number of anilines is 1. The molecule has 0 atom stereocenters. The summed E-state index contributed by atoms with van der Waals surface area (Å²) < 4.78 is 39.6. The van der Waals surface area contributed by atoms with E-state index in [0.717, 1.165) is 9.87 Å². The summed E-state index contributed by atoms with van der Waals surface area (Å²) in [6, 6.07) is 24.6. The molecule has 8 nitrogen and oxygen atoms in total. The van der Waals surface area contributed by atoms with Crippen LogP contribution in [-0.2, 0) is 21.4 Å². The molecule has 4 aromatic carbocycles. The first-order valence-electron chi connectivity index (χ1n) is 12.7. The first kappa shape index (κ1) is 31.2. The second-order valence-corrected chi connectivity index (χ2v) is 11.9. The number of para-hydroxylation sites is 2. The van der Waals surface area contributed by atoms with Gasteiger partial charge in [-0.2, -0.15) is 5.10 Å². The molecule has 1 N–H and O–H groups in total. The number of ether oxygens (including phenoxy) is 2. The molecule has 4 aromatic rings. The summed E-state index contributed by atoms with van der Waals surface area (Å²) >= 11 is 17.9. The summed E-state index contributed by atoms with van der Waals surface area (Å²) in [7, 11) is -4.16. The number of hydrazone groups is 1. The van der Waals surface area contributed by atoms with Crippen molar-refractivity contribution in [2.75, 3.05) is 17.5 Å². The SMILES string of the molecule is CCOc1ccccc1N(CC(=O)N/N=C\c1ccc(OCc2ccc(Cl)c(Cl)c2)cc1)S(=O)(=O)c1ccc(Cl)cc1. The highest BCUT2D eigenvalue weighted by molar-refractivity contribution is 7.92. The Kier molecular flexibility index (Phi) is 10.7. The molecule has 0 bridgehead atoms. The molecule has 4 rings (SSSR count). The van der Waals surface area contributed by atoms with Crippen LogP contribution in [0.3, 0.4) is 0 Å². The minimum atomic E-state index is -4.16. The van der Waals surface area contributed by atoms with E-state index in [0.29, 0.717) is 45.3 Å². The Balaban J connectivity index is 1.44. The summed E-state index contributed by atoms with van der Waals surface area (Å²) in [4.78, 5) is 12.9. The summed E-state index contributed by atoms with van der Waals surface area (Å²) in [5.74, 6) is 0.283. The smallest absolute Gasteiger partial charge is 0.264 e. The Morgan fingerprint density at radius 2 is 1.62 bits per heavy atom. The van der Waals surface area contributed by atoms with Crippen molar-refractivity contribution in [3.63, 3.8) is 0 Å². The summed E-state index contributed by atoms with van der Waals surface area (Å²) in [6.07, 6.45) is 1.44. The minimum Gasteiger partial charge on any atom is -0.492 e. The third-order valence-corrected chi connectivity index (χ3v) is 8.56. The van der Waals surface area contributed by atoms with Crippen molar-refractivity contribution < 1.29 is 22.7 Å². The maximum atomic E-state index is 13.6. The molecule has 0 unspecified atom stereocenters. The number of amides is 1. The van der Waals surface area contributed by atoms with Gasteiger partial charge >= 0.3 is 0 Å². The number of sulfonamides is 1. The maximum Gasteiger partial charge on any atom is 0.264 e. The Morgan fingerprint density at radius 1 is 0.905 bits per heavy atom. The first-order valence-corrected chi connectivity index (χ1v) is 15.2. The molecule has 0 aromatic heterocycles. The molecule has 218 valence electrons. The quantitative estimate of drug-likeness (QED) is 0.132. The Hall–Kier alpha value is -3.76. The average molecular weight is 647 g/mol. The van der Waals surface area contributed by atoms with Gasteiger partial charge in [-0.05, 0) is 90.8 Å². The van der Waals surface area contributed by atoms with Gasteiger partial charge in [0.05, 0.1) is 33.4 Å². The Labute approximate surface area is 259 Å². The fourth-order valence-corrected chi connectivity index (χ4v) is 5.64. The number of benzene rings is 4. The van der Waals surface area contributed by atoms with E-state index in [1.165, 1.54) is 30.5 Å². The fourth-order valence-electron chi connectivity index (χ4n) is 3.76. The lowest BCUT2D eigenvalue weighted by Crippen LogP contribution is -2.39. The van der Waals surface area contributed by atoms with Gasteiger partial charge in [0, 0.05) is 5.02 Å². The summed E-state index contributed by atoms with van der Waals surface area (Å²) in [6.45, 7) is 1.85. The van der Waals surface area contributed by atoms with Gasteiger partial charge in [0.1, 0.15) is 24.7 Å². The highest BCUT2D eigenvalue weighted by atomic mass is 35.5. The second-order valence-electron chi connectivity index (χ2n) is 8.77. The molecule has 0 aliphatic rings. The maximum absolute atomic E-state index is 13.6. The van der Waals surface area contributed by atoms with Crippen molar-refractivity contribution in [3.8, 4) is 11.5 Å². The van der Waals surface area contributed by atoms with Gasteiger partial charge in [0.25, 0.3) is 15.9 Å². The number of nitrogens with zero attached hydrogens (tertiary/aromatic N) is 2. The summed E-state index contributed by atoms with van der Waals surface area (Å²) in [5.41, 5.74) is 4.16. The van der Waals surface area contributed by atoms with E-state index in [2.05, 4.69) is 10.5 Å². The molecule has 0 saturated carbocycles. The van der Waals surface area contributed by atoms with Crippen LogP contribution in [-0.4, -0.2) is 33.7 Å². The average Bonchev–Trinajstić information content (AvgIpc) is 2.98. The number of carbonyl (C=O) groups excluding carboxylic acids is 1. The Bertz CT molecular complexity index is 1660. The predicted molar refractivity (Wildman–Crippen MR) is 167 cm³/mol. The monoisotopic (exact) mass is 645 g/mol. The lowest BCUT2D eigenvalue weighted by Gasteiger charge is -2.25. The summed E-state index contributed by atoms with van der Waals surface area (Å²) in [5, 5.41) is 5.30. The molecule has 0 heterocycles. The van der Waals surface area contributed by atoms with Crippen LogP contribution < -0.4 is 19.2 Å². The van der Waals surface area contributed by atoms with Gasteiger partial charge in [-0.1, -0.05) is 53.0 Å². The zero-order chi connectivity index (χ0) is 30.1. The van der Waals surface area contributed by atoms with E-state index in [-0.39, 0.29) is 10.6 Å². The minimum absolute atomic E-state index is 0.0315. The van der Waals surface area contributed by atoms with E-state index in [9.17, 15) is 13.2 Å². The van der Waals surface area contributed by atoms with Gasteiger partial charge < -0.3 is 9.47 Å². The van der Waals surface area contributed by atoms with Crippen LogP contribution in [0.25, 0.3) is 0 Å². The molecule has 1 amide bonds. The topological polar surface area (TPSA) is 97.3 Å². The third kappa shape index (κ3) is 8.17. The van der Waals surface area contributed by atoms with Crippen molar-refractivity contribution in [1.29, 1.82) is 0 Å². The van der Waals surface area contributed by atoms with Crippen LogP contribution in [0, 0.1) is 0 Å².